The first-order valence-electron chi connectivity index (χ1n) is 5.49. The van der Waals surface area contributed by atoms with Crippen molar-refractivity contribution < 1.29 is 14.3 Å². The van der Waals surface area contributed by atoms with Gasteiger partial charge in [0.25, 0.3) is 5.91 Å². The Morgan fingerprint density at radius 3 is 2.88 bits per heavy atom. The van der Waals surface area contributed by atoms with Gasteiger partial charge in [-0.25, -0.2) is 0 Å². The van der Waals surface area contributed by atoms with Crippen molar-refractivity contribution in [2.45, 2.75) is 6.92 Å². The lowest BCUT2D eigenvalue weighted by Gasteiger charge is -2.10. The molecule has 0 aliphatic carbocycles. The van der Waals surface area contributed by atoms with Gasteiger partial charge in [-0.15, -0.1) is 0 Å². The van der Waals surface area contributed by atoms with Crippen LogP contribution in [0.1, 0.15) is 17.3 Å². The number of benzene rings is 1. The Balaban J connectivity index is 2.62. The summed E-state index contributed by atoms with van der Waals surface area (Å²) in [5, 5.41) is 2.73. The number of nitrogens with one attached hydrogen (secondary N) is 1. The zero-order valence-corrected chi connectivity index (χ0v) is 10.2. The van der Waals surface area contributed by atoms with Gasteiger partial charge in [-0.3, -0.25) is 4.79 Å². The second-order valence-electron chi connectivity index (χ2n) is 3.37. The minimum atomic E-state index is -0.221. The average molecular weight is 238 g/mol. The molecule has 0 unspecified atom stereocenters. The third kappa shape index (κ3) is 3.64. The van der Waals surface area contributed by atoms with Crippen LogP contribution in [0.3, 0.4) is 0 Å². The molecular formula is C12H18N2O3. The molecule has 94 valence electrons. The molecule has 0 aliphatic rings. The number of rotatable bonds is 6. The summed E-state index contributed by atoms with van der Waals surface area (Å²) < 4.78 is 10.2. The van der Waals surface area contributed by atoms with Gasteiger partial charge in [-0.1, -0.05) is 6.07 Å². The number of amides is 1. The molecule has 17 heavy (non-hydrogen) atoms. The van der Waals surface area contributed by atoms with Crippen LogP contribution in [0.25, 0.3) is 0 Å². The predicted octanol–water partition coefficient (Wildman–Crippen LogP) is 1.04. The molecular weight excluding hydrogens is 220 g/mol. The minimum Gasteiger partial charge on any atom is -0.495 e. The topological polar surface area (TPSA) is 73.6 Å². The van der Waals surface area contributed by atoms with Crippen LogP contribution in [0.15, 0.2) is 18.2 Å². The second-order valence-corrected chi connectivity index (χ2v) is 3.37. The van der Waals surface area contributed by atoms with Gasteiger partial charge in [0.05, 0.1) is 25.0 Å². The van der Waals surface area contributed by atoms with Crippen molar-refractivity contribution >= 4 is 11.6 Å². The molecule has 3 N–H and O–H groups in total. The van der Waals surface area contributed by atoms with E-state index in [1.807, 2.05) is 6.92 Å². The standard InChI is InChI=1S/C12H18N2O3/c1-3-17-8-7-14-12(15)9-5-4-6-10(16-2)11(9)13/h4-6H,3,7-8,13H2,1-2H3,(H,14,15). The molecule has 0 atom stereocenters. The Hall–Kier alpha value is -1.75. The van der Waals surface area contributed by atoms with Gasteiger partial charge in [-0.2, -0.15) is 0 Å². The van der Waals surface area contributed by atoms with E-state index in [1.165, 1.54) is 7.11 Å². The fourth-order valence-corrected chi connectivity index (χ4v) is 1.40. The monoisotopic (exact) mass is 238 g/mol. The second kappa shape index (κ2) is 6.75. The van der Waals surface area contributed by atoms with Crippen LogP contribution >= 0.6 is 0 Å². The number of methoxy groups -OCH3 is 1. The number of para-hydroxylation sites is 1. The highest BCUT2D eigenvalue weighted by atomic mass is 16.5. The first-order chi connectivity index (χ1) is 8.20. The summed E-state index contributed by atoms with van der Waals surface area (Å²) in [6, 6.07) is 5.10. The van der Waals surface area contributed by atoms with E-state index in [0.29, 0.717) is 36.8 Å². The molecule has 0 aromatic heterocycles. The van der Waals surface area contributed by atoms with Crippen molar-refractivity contribution in [2.75, 3.05) is 32.6 Å². The van der Waals surface area contributed by atoms with Crippen molar-refractivity contribution in [1.29, 1.82) is 0 Å². The summed E-state index contributed by atoms with van der Waals surface area (Å²) in [5.41, 5.74) is 6.58. The Morgan fingerprint density at radius 2 is 2.24 bits per heavy atom. The van der Waals surface area contributed by atoms with Gasteiger partial charge in [-0.05, 0) is 19.1 Å². The maximum Gasteiger partial charge on any atom is 0.253 e. The van der Waals surface area contributed by atoms with Crippen LogP contribution < -0.4 is 15.8 Å². The molecule has 1 aromatic rings. The van der Waals surface area contributed by atoms with E-state index >= 15 is 0 Å². The summed E-state index contributed by atoms with van der Waals surface area (Å²) in [5.74, 6) is 0.281. The third-order valence-electron chi connectivity index (χ3n) is 2.27. The Labute approximate surface area is 101 Å². The molecule has 0 radical (unpaired) electrons. The summed E-state index contributed by atoms with van der Waals surface area (Å²) >= 11 is 0. The summed E-state index contributed by atoms with van der Waals surface area (Å²) in [7, 11) is 1.52. The summed E-state index contributed by atoms with van der Waals surface area (Å²) in [6.45, 7) is 3.49. The molecule has 0 saturated carbocycles. The molecule has 0 spiro atoms. The van der Waals surface area contributed by atoms with Crippen molar-refractivity contribution in [3.05, 3.63) is 23.8 Å². The fourth-order valence-electron chi connectivity index (χ4n) is 1.40. The number of carbonyl (C=O) groups is 1. The van der Waals surface area contributed by atoms with Crippen LogP contribution in [0.4, 0.5) is 5.69 Å². The molecule has 5 nitrogen and oxygen atoms in total. The lowest BCUT2D eigenvalue weighted by Crippen LogP contribution is -2.28. The number of hydrogen-bond donors (Lipinski definition) is 2. The quantitative estimate of drug-likeness (QED) is 0.573. The summed E-state index contributed by atoms with van der Waals surface area (Å²) in [6.07, 6.45) is 0. The van der Waals surface area contributed by atoms with E-state index in [4.69, 9.17) is 15.2 Å². The van der Waals surface area contributed by atoms with Gasteiger partial charge in [0.15, 0.2) is 0 Å². The van der Waals surface area contributed by atoms with Crippen LogP contribution in [0.5, 0.6) is 5.75 Å². The number of ether oxygens (including phenoxy) is 2. The van der Waals surface area contributed by atoms with Gasteiger partial charge in [0.1, 0.15) is 5.75 Å². The highest BCUT2D eigenvalue weighted by molar-refractivity contribution is 6.00. The highest BCUT2D eigenvalue weighted by Crippen LogP contribution is 2.24. The third-order valence-corrected chi connectivity index (χ3v) is 2.27. The van der Waals surface area contributed by atoms with E-state index in [-0.39, 0.29) is 5.91 Å². The van der Waals surface area contributed by atoms with Crippen LogP contribution in [0, 0.1) is 0 Å². The molecule has 0 heterocycles. The zero-order valence-electron chi connectivity index (χ0n) is 10.2. The van der Waals surface area contributed by atoms with Crippen molar-refractivity contribution in [3.63, 3.8) is 0 Å². The molecule has 0 fully saturated rings. The number of carbonyl (C=O) groups excluding carboxylic acids is 1. The number of nitrogen functional groups attached to an aromatic ring is 1. The first-order valence-corrected chi connectivity index (χ1v) is 5.49. The normalized spacial score (nSPS) is 10.0. The minimum absolute atomic E-state index is 0.221. The van der Waals surface area contributed by atoms with Gasteiger partial charge in [0, 0.05) is 13.2 Å². The van der Waals surface area contributed by atoms with Crippen LogP contribution in [0.2, 0.25) is 0 Å². The van der Waals surface area contributed by atoms with E-state index in [2.05, 4.69) is 5.32 Å². The number of anilines is 1. The highest BCUT2D eigenvalue weighted by Gasteiger charge is 2.12. The maximum absolute atomic E-state index is 11.8. The van der Waals surface area contributed by atoms with E-state index in [0.717, 1.165) is 0 Å². The zero-order chi connectivity index (χ0) is 12.7. The lowest BCUT2D eigenvalue weighted by molar-refractivity contribution is 0.0923. The van der Waals surface area contributed by atoms with E-state index < -0.39 is 0 Å². The van der Waals surface area contributed by atoms with Crippen molar-refractivity contribution in [3.8, 4) is 5.75 Å². The van der Waals surface area contributed by atoms with Crippen molar-refractivity contribution in [1.82, 2.24) is 5.32 Å². The average Bonchev–Trinajstić information content (AvgIpc) is 2.34. The fraction of sp³-hybridized carbons (Fsp3) is 0.417. The van der Waals surface area contributed by atoms with E-state index in [9.17, 15) is 4.79 Å². The largest absolute Gasteiger partial charge is 0.495 e. The maximum atomic E-state index is 11.8. The Kier molecular flexibility index (Phi) is 5.29. The van der Waals surface area contributed by atoms with Gasteiger partial charge < -0.3 is 20.5 Å². The smallest absolute Gasteiger partial charge is 0.253 e. The van der Waals surface area contributed by atoms with Gasteiger partial charge in [0.2, 0.25) is 0 Å². The van der Waals surface area contributed by atoms with Crippen LogP contribution in [-0.2, 0) is 4.74 Å². The molecule has 1 rings (SSSR count). The van der Waals surface area contributed by atoms with E-state index in [1.54, 1.807) is 18.2 Å². The summed E-state index contributed by atoms with van der Waals surface area (Å²) in [4.78, 5) is 11.8. The Morgan fingerprint density at radius 1 is 1.47 bits per heavy atom. The number of hydrogen-bond acceptors (Lipinski definition) is 4. The molecule has 0 saturated heterocycles. The lowest BCUT2D eigenvalue weighted by atomic mass is 10.1. The molecule has 0 bridgehead atoms. The molecule has 5 heteroatoms. The van der Waals surface area contributed by atoms with Crippen molar-refractivity contribution in [2.24, 2.45) is 0 Å². The molecule has 1 amide bonds. The van der Waals surface area contributed by atoms with Crippen LogP contribution in [-0.4, -0.2) is 32.8 Å². The molecule has 1 aromatic carbocycles. The number of nitrogens with two attached hydrogens (primary N) is 1. The molecule has 0 aliphatic heterocycles. The van der Waals surface area contributed by atoms with Gasteiger partial charge >= 0.3 is 0 Å². The Bertz CT molecular complexity index is 380. The predicted molar refractivity (Wildman–Crippen MR) is 66.2 cm³/mol. The first kappa shape index (κ1) is 13.3. The SMILES string of the molecule is CCOCCNC(=O)c1cccc(OC)c1N.